The largest absolute Gasteiger partial charge is 0.471 e. The number of nitrogens with zero attached hydrogens (tertiary/aromatic N) is 3. The van der Waals surface area contributed by atoms with Gasteiger partial charge in [0.15, 0.2) is 0 Å². The Morgan fingerprint density at radius 1 is 1.36 bits per heavy atom. The molecular weight excluding hydrogens is 341 g/mol. The normalized spacial score (nSPS) is 14.4. The van der Waals surface area contributed by atoms with Crippen LogP contribution in [0, 0.1) is 5.92 Å². The molecule has 0 atom stereocenters. The summed E-state index contributed by atoms with van der Waals surface area (Å²) in [6.45, 7) is 0.517. The van der Waals surface area contributed by atoms with Crippen molar-refractivity contribution in [3.05, 3.63) is 30.2 Å². The van der Waals surface area contributed by atoms with E-state index in [1.807, 2.05) is 0 Å². The lowest BCUT2D eigenvalue weighted by molar-refractivity contribution is -0.159. The van der Waals surface area contributed by atoms with Gasteiger partial charge in [-0.1, -0.05) is 5.16 Å². The van der Waals surface area contributed by atoms with E-state index in [2.05, 4.69) is 20.0 Å². The van der Waals surface area contributed by atoms with Crippen molar-refractivity contribution >= 4 is 11.7 Å². The Kier molecular flexibility index (Phi) is 4.62. The molecule has 0 unspecified atom stereocenters. The van der Waals surface area contributed by atoms with Crippen molar-refractivity contribution in [1.82, 2.24) is 15.2 Å². The molecule has 0 spiro atoms. The van der Waals surface area contributed by atoms with E-state index < -0.39 is 18.1 Å². The number of rotatable bonds is 5. The molecule has 0 saturated heterocycles. The van der Waals surface area contributed by atoms with Crippen LogP contribution in [0.15, 0.2) is 28.8 Å². The maximum absolute atomic E-state index is 12.5. The number of urea groups is 1. The van der Waals surface area contributed by atoms with Crippen molar-refractivity contribution in [2.24, 2.45) is 5.92 Å². The first-order chi connectivity index (χ1) is 11.9. The number of aromatic nitrogens is 2. The van der Waals surface area contributed by atoms with Crippen LogP contribution in [-0.2, 0) is 11.0 Å². The van der Waals surface area contributed by atoms with Gasteiger partial charge >= 0.3 is 18.1 Å². The molecule has 2 amide bonds. The smallest absolute Gasteiger partial charge is 0.329 e. The monoisotopic (exact) mass is 356 g/mol. The van der Waals surface area contributed by atoms with Crippen molar-refractivity contribution in [3.63, 3.8) is 0 Å². The topological polar surface area (TPSA) is 80.5 Å². The highest BCUT2D eigenvalue weighted by Crippen LogP contribution is 2.30. The van der Waals surface area contributed by atoms with E-state index in [1.165, 1.54) is 36.4 Å². The van der Waals surface area contributed by atoms with Gasteiger partial charge in [-0.15, -0.1) is 0 Å². The van der Waals surface area contributed by atoms with Crippen LogP contribution in [0.4, 0.5) is 23.7 Å². The van der Waals surface area contributed by atoms with Gasteiger partial charge in [-0.05, 0) is 43.0 Å². The SMILES string of the molecule is CON(CC1CC1)C(=O)Nc1ccc(-c2noc(C(F)(F)F)n2)cc1. The van der Waals surface area contributed by atoms with Crippen LogP contribution < -0.4 is 5.32 Å². The van der Waals surface area contributed by atoms with E-state index >= 15 is 0 Å². The number of nitrogens with one attached hydrogen (secondary N) is 1. The molecule has 1 saturated carbocycles. The number of halogens is 3. The third-order valence-corrected chi connectivity index (χ3v) is 3.63. The zero-order valence-corrected chi connectivity index (χ0v) is 13.2. The number of alkyl halides is 3. The van der Waals surface area contributed by atoms with Crippen LogP contribution in [0.3, 0.4) is 0 Å². The summed E-state index contributed by atoms with van der Waals surface area (Å²) in [5.41, 5.74) is 0.796. The van der Waals surface area contributed by atoms with Gasteiger partial charge < -0.3 is 9.84 Å². The van der Waals surface area contributed by atoms with E-state index in [1.54, 1.807) is 0 Å². The maximum Gasteiger partial charge on any atom is 0.471 e. The summed E-state index contributed by atoms with van der Waals surface area (Å²) in [7, 11) is 1.42. The average molecular weight is 356 g/mol. The molecule has 2 aromatic rings. The average Bonchev–Trinajstić information content (AvgIpc) is 3.24. The highest BCUT2D eigenvalue weighted by atomic mass is 19.4. The summed E-state index contributed by atoms with van der Waals surface area (Å²) in [5, 5.41) is 7.19. The Morgan fingerprint density at radius 3 is 2.56 bits per heavy atom. The molecule has 7 nitrogen and oxygen atoms in total. The molecule has 1 aliphatic carbocycles. The summed E-state index contributed by atoms with van der Waals surface area (Å²) in [6.07, 6.45) is -2.54. The first-order valence-corrected chi connectivity index (χ1v) is 7.51. The molecule has 1 N–H and O–H groups in total. The van der Waals surface area contributed by atoms with Crippen LogP contribution in [0.2, 0.25) is 0 Å². The first-order valence-electron chi connectivity index (χ1n) is 7.51. The van der Waals surface area contributed by atoms with Gasteiger partial charge in [-0.3, -0.25) is 4.84 Å². The summed E-state index contributed by atoms with van der Waals surface area (Å²) in [4.78, 5) is 20.5. The number of hydrogen-bond donors (Lipinski definition) is 1. The second-order valence-corrected chi connectivity index (χ2v) is 5.62. The standard InChI is InChI=1S/C15H15F3N4O3/c1-24-22(8-9-2-3-9)14(23)19-11-6-4-10(5-7-11)12-20-13(25-21-12)15(16,17)18/h4-7,9H,2-3,8H2,1H3,(H,19,23). The predicted octanol–water partition coefficient (Wildman–Crippen LogP) is 3.56. The van der Waals surface area contributed by atoms with Crippen LogP contribution >= 0.6 is 0 Å². The van der Waals surface area contributed by atoms with Gasteiger partial charge in [-0.25, -0.2) is 9.86 Å². The summed E-state index contributed by atoms with van der Waals surface area (Å²) >= 11 is 0. The van der Waals surface area contributed by atoms with Crippen molar-refractivity contribution < 1.29 is 27.3 Å². The van der Waals surface area contributed by atoms with Crippen molar-refractivity contribution in [1.29, 1.82) is 0 Å². The van der Waals surface area contributed by atoms with Gasteiger partial charge in [-0.2, -0.15) is 18.2 Å². The molecule has 1 aromatic carbocycles. The molecule has 1 aliphatic rings. The highest BCUT2D eigenvalue weighted by molar-refractivity contribution is 5.88. The van der Waals surface area contributed by atoms with Crippen LogP contribution in [0.25, 0.3) is 11.4 Å². The molecule has 0 bridgehead atoms. The van der Waals surface area contributed by atoms with Gasteiger partial charge in [0.25, 0.3) is 0 Å². The molecule has 1 heterocycles. The van der Waals surface area contributed by atoms with E-state index in [0.29, 0.717) is 23.7 Å². The van der Waals surface area contributed by atoms with Gasteiger partial charge in [0.05, 0.1) is 13.7 Å². The first kappa shape index (κ1) is 17.2. The molecule has 0 aliphatic heterocycles. The Morgan fingerprint density at radius 2 is 2.04 bits per heavy atom. The summed E-state index contributed by atoms with van der Waals surface area (Å²) in [5.74, 6) is -1.12. The fourth-order valence-corrected chi connectivity index (χ4v) is 2.12. The second kappa shape index (κ2) is 6.71. The number of carbonyl (C=O) groups is 1. The minimum atomic E-state index is -4.69. The Labute approximate surface area is 140 Å². The van der Waals surface area contributed by atoms with Crippen LogP contribution in [0.5, 0.6) is 0 Å². The van der Waals surface area contributed by atoms with E-state index in [0.717, 1.165) is 12.8 Å². The van der Waals surface area contributed by atoms with Crippen molar-refractivity contribution in [3.8, 4) is 11.4 Å². The molecule has 0 radical (unpaired) electrons. The molecule has 1 fully saturated rings. The third-order valence-electron chi connectivity index (χ3n) is 3.63. The summed E-state index contributed by atoms with van der Waals surface area (Å²) < 4.78 is 41.6. The lowest BCUT2D eigenvalue weighted by Crippen LogP contribution is -2.35. The van der Waals surface area contributed by atoms with E-state index in [4.69, 9.17) is 4.84 Å². The number of benzene rings is 1. The Bertz CT molecular complexity index is 741. The molecular formula is C15H15F3N4O3. The minimum Gasteiger partial charge on any atom is -0.329 e. The van der Waals surface area contributed by atoms with Gasteiger partial charge in [0.1, 0.15) is 0 Å². The third kappa shape index (κ3) is 4.27. The molecule has 3 rings (SSSR count). The molecule has 134 valence electrons. The summed E-state index contributed by atoms with van der Waals surface area (Å²) in [6, 6.07) is 5.61. The van der Waals surface area contributed by atoms with Crippen molar-refractivity contribution in [2.75, 3.05) is 19.0 Å². The predicted molar refractivity (Wildman–Crippen MR) is 80.2 cm³/mol. The lowest BCUT2D eigenvalue weighted by atomic mass is 10.2. The maximum atomic E-state index is 12.5. The van der Waals surface area contributed by atoms with Gasteiger partial charge in [0.2, 0.25) is 5.82 Å². The van der Waals surface area contributed by atoms with E-state index in [-0.39, 0.29) is 5.82 Å². The number of anilines is 1. The second-order valence-electron chi connectivity index (χ2n) is 5.62. The molecule has 10 heteroatoms. The number of hydroxylamine groups is 2. The Balaban J connectivity index is 1.65. The zero-order valence-electron chi connectivity index (χ0n) is 13.2. The highest BCUT2D eigenvalue weighted by Gasteiger charge is 2.38. The fourth-order valence-electron chi connectivity index (χ4n) is 2.12. The lowest BCUT2D eigenvalue weighted by Gasteiger charge is -2.19. The molecule has 1 aromatic heterocycles. The number of hydrogen-bond acceptors (Lipinski definition) is 5. The quantitative estimate of drug-likeness (QED) is 0.829. The number of carbonyl (C=O) groups excluding carboxylic acids is 1. The van der Waals surface area contributed by atoms with E-state index in [9.17, 15) is 18.0 Å². The fraction of sp³-hybridized carbons (Fsp3) is 0.400. The minimum absolute atomic E-state index is 0.183. The Hall–Kier alpha value is -2.62. The van der Waals surface area contributed by atoms with Crippen LogP contribution in [-0.4, -0.2) is 34.9 Å². The van der Waals surface area contributed by atoms with Crippen molar-refractivity contribution in [2.45, 2.75) is 19.0 Å². The van der Waals surface area contributed by atoms with Gasteiger partial charge in [0, 0.05) is 11.3 Å². The number of amides is 2. The zero-order chi connectivity index (χ0) is 18.0. The van der Waals surface area contributed by atoms with Crippen LogP contribution in [0.1, 0.15) is 18.7 Å². The molecule has 25 heavy (non-hydrogen) atoms.